The summed E-state index contributed by atoms with van der Waals surface area (Å²) in [6, 6.07) is 3.36. The Labute approximate surface area is 152 Å². The number of nitrogens with zero attached hydrogens (tertiary/aromatic N) is 3. The number of imidazole rings is 1. The van der Waals surface area contributed by atoms with Gasteiger partial charge >= 0.3 is 5.97 Å². The van der Waals surface area contributed by atoms with Crippen molar-refractivity contribution in [3.63, 3.8) is 0 Å². The Morgan fingerprint density at radius 2 is 2.08 bits per heavy atom. The zero-order valence-electron chi connectivity index (χ0n) is 13.8. The minimum absolute atomic E-state index is 0.279. The van der Waals surface area contributed by atoms with Crippen molar-refractivity contribution in [3.8, 4) is 0 Å². The van der Waals surface area contributed by atoms with E-state index >= 15 is 0 Å². The fourth-order valence-corrected chi connectivity index (χ4v) is 3.41. The molecule has 0 aromatic carbocycles. The average Bonchev–Trinajstić information content (AvgIpc) is 3.06. The molecule has 3 aromatic rings. The number of thiazole rings is 1. The summed E-state index contributed by atoms with van der Waals surface area (Å²) >= 11 is 7.04. The van der Waals surface area contributed by atoms with Crippen molar-refractivity contribution in [1.29, 1.82) is 0 Å². The highest BCUT2D eigenvalue weighted by atomic mass is 35.5. The first-order valence-electron chi connectivity index (χ1n) is 7.50. The third kappa shape index (κ3) is 3.35. The van der Waals surface area contributed by atoms with Crippen molar-refractivity contribution < 1.29 is 14.3 Å². The highest BCUT2D eigenvalue weighted by Gasteiger charge is 2.21. The predicted octanol–water partition coefficient (Wildman–Crippen LogP) is 3.49. The molecule has 0 aliphatic carbocycles. The van der Waals surface area contributed by atoms with E-state index in [1.54, 1.807) is 43.5 Å². The third-order valence-electron chi connectivity index (χ3n) is 3.46. The number of fused-ring (bicyclic) bond motifs is 1. The van der Waals surface area contributed by atoms with Crippen LogP contribution in [0.15, 0.2) is 18.3 Å². The van der Waals surface area contributed by atoms with Gasteiger partial charge in [-0.1, -0.05) is 22.9 Å². The van der Waals surface area contributed by atoms with Gasteiger partial charge in [-0.15, -0.1) is 0 Å². The number of carbonyl (C=O) groups is 2. The SMILES string of the molecule is CCOC(=O)c1sc(NC(=O)c2c(C)nc3cc(Cl)ccn23)nc1C. The van der Waals surface area contributed by atoms with Crippen LogP contribution < -0.4 is 5.32 Å². The summed E-state index contributed by atoms with van der Waals surface area (Å²) < 4.78 is 6.64. The first-order valence-corrected chi connectivity index (χ1v) is 8.70. The van der Waals surface area contributed by atoms with Crippen LogP contribution in [0.5, 0.6) is 0 Å². The number of aryl methyl sites for hydroxylation is 2. The predicted molar refractivity (Wildman–Crippen MR) is 95.7 cm³/mol. The average molecular weight is 379 g/mol. The number of anilines is 1. The maximum Gasteiger partial charge on any atom is 0.350 e. The van der Waals surface area contributed by atoms with Crippen LogP contribution in [0.3, 0.4) is 0 Å². The van der Waals surface area contributed by atoms with E-state index in [-0.39, 0.29) is 12.5 Å². The monoisotopic (exact) mass is 378 g/mol. The Balaban J connectivity index is 1.90. The van der Waals surface area contributed by atoms with Gasteiger partial charge in [-0.05, 0) is 26.8 Å². The molecule has 0 bridgehead atoms. The molecule has 0 saturated carbocycles. The van der Waals surface area contributed by atoms with Crippen molar-refractivity contribution in [2.24, 2.45) is 0 Å². The summed E-state index contributed by atoms with van der Waals surface area (Å²) in [7, 11) is 0. The molecule has 1 N–H and O–H groups in total. The summed E-state index contributed by atoms with van der Waals surface area (Å²) in [6.45, 7) is 5.45. The van der Waals surface area contributed by atoms with Crippen LogP contribution in [0.1, 0.15) is 38.5 Å². The van der Waals surface area contributed by atoms with Gasteiger partial charge < -0.3 is 4.74 Å². The number of aromatic nitrogens is 3. The van der Waals surface area contributed by atoms with Gasteiger partial charge in [0.2, 0.25) is 0 Å². The van der Waals surface area contributed by atoms with Gasteiger partial charge in [-0.25, -0.2) is 14.8 Å². The van der Waals surface area contributed by atoms with Crippen LogP contribution >= 0.6 is 22.9 Å². The van der Waals surface area contributed by atoms with E-state index in [0.717, 1.165) is 11.3 Å². The molecule has 0 unspecified atom stereocenters. The Morgan fingerprint density at radius 3 is 2.80 bits per heavy atom. The first-order chi connectivity index (χ1) is 11.9. The number of rotatable bonds is 4. The van der Waals surface area contributed by atoms with E-state index in [1.807, 2.05) is 0 Å². The van der Waals surface area contributed by atoms with Crippen LogP contribution in [-0.2, 0) is 4.74 Å². The second-order valence-electron chi connectivity index (χ2n) is 5.23. The highest BCUT2D eigenvalue weighted by molar-refractivity contribution is 7.17. The molecule has 0 aliphatic heterocycles. The number of nitrogens with one attached hydrogen (secondary N) is 1. The Kier molecular flexibility index (Phi) is 4.73. The zero-order chi connectivity index (χ0) is 18.1. The van der Waals surface area contributed by atoms with Gasteiger partial charge in [0, 0.05) is 17.3 Å². The lowest BCUT2D eigenvalue weighted by atomic mass is 10.3. The summed E-state index contributed by atoms with van der Waals surface area (Å²) in [5.74, 6) is -0.810. The molecule has 0 aliphatic rings. The third-order valence-corrected chi connectivity index (χ3v) is 4.74. The standard InChI is InChI=1S/C16H15ClN4O3S/c1-4-24-15(23)13-9(3)19-16(25-13)20-14(22)12-8(2)18-11-7-10(17)5-6-21(11)12/h5-7H,4H2,1-3H3,(H,19,20,22). The molecular weight excluding hydrogens is 364 g/mol. The molecule has 0 fully saturated rings. The molecule has 3 aromatic heterocycles. The van der Waals surface area contributed by atoms with E-state index in [9.17, 15) is 9.59 Å². The van der Waals surface area contributed by atoms with Crippen LogP contribution in [0.2, 0.25) is 5.02 Å². The first kappa shape index (κ1) is 17.4. The number of hydrogen-bond acceptors (Lipinski definition) is 6. The lowest BCUT2D eigenvalue weighted by molar-refractivity contribution is 0.0531. The maximum absolute atomic E-state index is 12.7. The molecule has 130 valence electrons. The summed E-state index contributed by atoms with van der Waals surface area (Å²) in [4.78, 5) is 33.5. The molecule has 0 saturated heterocycles. The van der Waals surface area contributed by atoms with Crippen molar-refractivity contribution in [3.05, 3.63) is 45.3 Å². The molecule has 1 amide bonds. The van der Waals surface area contributed by atoms with E-state index in [4.69, 9.17) is 16.3 Å². The molecule has 0 atom stereocenters. The quantitative estimate of drug-likeness (QED) is 0.702. The zero-order valence-corrected chi connectivity index (χ0v) is 15.4. The Hall–Kier alpha value is -2.45. The Bertz CT molecular complexity index is 979. The lowest BCUT2D eigenvalue weighted by Crippen LogP contribution is -2.15. The highest BCUT2D eigenvalue weighted by Crippen LogP contribution is 2.25. The van der Waals surface area contributed by atoms with Crippen molar-refractivity contribution >= 4 is 45.6 Å². The van der Waals surface area contributed by atoms with E-state index in [2.05, 4.69) is 15.3 Å². The van der Waals surface area contributed by atoms with Gasteiger partial charge in [-0.3, -0.25) is 14.5 Å². The smallest absolute Gasteiger partial charge is 0.350 e. The van der Waals surface area contributed by atoms with E-state index in [1.165, 1.54) is 0 Å². The lowest BCUT2D eigenvalue weighted by Gasteiger charge is -2.03. The molecular formula is C16H15ClN4O3S. The van der Waals surface area contributed by atoms with Gasteiger partial charge in [0.05, 0.1) is 18.0 Å². The maximum atomic E-state index is 12.7. The summed E-state index contributed by atoms with van der Waals surface area (Å²) in [5.41, 5.74) is 2.05. The molecule has 7 nitrogen and oxygen atoms in total. The molecule has 25 heavy (non-hydrogen) atoms. The van der Waals surface area contributed by atoms with Crippen molar-refractivity contribution in [2.75, 3.05) is 11.9 Å². The normalized spacial score (nSPS) is 10.9. The fourth-order valence-electron chi connectivity index (χ4n) is 2.40. The van der Waals surface area contributed by atoms with E-state index < -0.39 is 5.97 Å². The van der Waals surface area contributed by atoms with Crippen LogP contribution in [-0.4, -0.2) is 32.9 Å². The molecule has 3 heterocycles. The number of amides is 1. The number of carbonyl (C=O) groups excluding carboxylic acids is 2. The topological polar surface area (TPSA) is 85.6 Å². The largest absolute Gasteiger partial charge is 0.462 e. The van der Waals surface area contributed by atoms with Crippen molar-refractivity contribution in [2.45, 2.75) is 20.8 Å². The minimum atomic E-state index is -0.446. The second-order valence-corrected chi connectivity index (χ2v) is 6.66. The molecule has 0 spiro atoms. The van der Waals surface area contributed by atoms with Crippen LogP contribution in [0.25, 0.3) is 5.65 Å². The van der Waals surface area contributed by atoms with E-state index in [0.29, 0.717) is 37.8 Å². The molecule has 9 heteroatoms. The number of ether oxygens (including phenoxy) is 1. The Morgan fingerprint density at radius 1 is 1.32 bits per heavy atom. The number of hydrogen-bond donors (Lipinski definition) is 1. The van der Waals surface area contributed by atoms with Crippen LogP contribution in [0, 0.1) is 13.8 Å². The van der Waals surface area contributed by atoms with Gasteiger partial charge in [0.25, 0.3) is 5.91 Å². The molecule has 3 rings (SSSR count). The second kappa shape index (κ2) is 6.81. The fraction of sp³-hybridized carbons (Fsp3) is 0.250. The van der Waals surface area contributed by atoms with Gasteiger partial charge in [0.15, 0.2) is 5.13 Å². The summed E-state index contributed by atoms with van der Waals surface area (Å²) in [6.07, 6.45) is 1.68. The van der Waals surface area contributed by atoms with Crippen molar-refractivity contribution in [1.82, 2.24) is 14.4 Å². The number of esters is 1. The molecule has 0 radical (unpaired) electrons. The minimum Gasteiger partial charge on any atom is -0.462 e. The number of halogens is 1. The van der Waals surface area contributed by atoms with Crippen LogP contribution in [0.4, 0.5) is 5.13 Å². The number of pyridine rings is 1. The summed E-state index contributed by atoms with van der Waals surface area (Å²) in [5, 5.41) is 3.59. The van der Waals surface area contributed by atoms with Gasteiger partial charge in [0.1, 0.15) is 16.2 Å². The van der Waals surface area contributed by atoms with Gasteiger partial charge in [-0.2, -0.15) is 0 Å².